The number of hydrogen-bond acceptors (Lipinski definition) is 3. The molecule has 0 aromatic heterocycles. The molecule has 7 atom stereocenters. The summed E-state index contributed by atoms with van der Waals surface area (Å²) in [6.07, 6.45) is 3.26. The molecular weight excluding hydrogens is 336 g/mol. The molecule has 0 saturated heterocycles. The molecule has 3 heteroatoms. The number of fused-ring (bicyclic) bond motifs is 1. The quantitative estimate of drug-likeness (QED) is 0.743. The first-order chi connectivity index (χ1) is 13.0. The van der Waals surface area contributed by atoms with Crippen molar-refractivity contribution in [2.24, 2.45) is 35.0 Å². The van der Waals surface area contributed by atoms with Crippen molar-refractivity contribution in [2.45, 2.75) is 66.1 Å². The lowest BCUT2D eigenvalue weighted by Crippen LogP contribution is -2.53. The van der Waals surface area contributed by atoms with Gasteiger partial charge in [0.25, 0.3) is 0 Å². The molecule has 2 aliphatic carbocycles. The maximum absolute atomic E-state index is 13.2. The van der Waals surface area contributed by atoms with Crippen molar-refractivity contribution in [1.29, 1.82) is 0 Å². The Labute approximate surface area is 164 Å². The van der Waals surface area contributed by atoms with Crippen LogP contribution in [0.25, 0.3) is 0 Å². The lowest BCUT2D eigenvalue weighted by Gasteiger charge is -2.53. The van der Waals surface area contributed by atoms with Gasteiger partial charge in [-0.25, -0.2) is 0 Å². The number of aliphatic hydroxyl groups excluding tert-OH is 1. The first-order valence-corrected chi connectivity index (χ1v) is 10.8. The summed E-state index contributed by atoms with van der Waals surface area (Å²) in [5.41, 5.74) is 1.14. The molecule has 2 aliphatic rings. The number of benzene rings is 1. The van der Waals surface area contributed by atoms with Gasteiger partial charge in [-0.15, -0.1) is 0 Å². The molecule has 1 aromatic carbocycles. The summed E-state index contributed by atoms with van der Waals surface area (Å²) in [4.78, 5) is 13.2. The number of rotatable bonds is 7. The van der Waals surface area contributed by atoms with Crippen LogP contribution < -0.4 is 0 Å². The predicted molar refractivity (Wildman–Crippen MR) is 108 cm³/mol. The average Bonchev–Trinajstić information content (AvgIpc) is 2.87. The second kappa shape index (κ2) is 8.45. The Bertz CT molecular complexity index is 628. The van der Waals surface area contributed by atoms with Crippen molar-refractivity contribution >= 4 is 5.78 Å². The maximum Gasteiger partial charge on any atom is 0.139 e. The van der Waals surface area contributed by atoms with Crippen molar-refractivity contribution in [1.82, 2.24) is 0 Å². The third-order valence-electron chi connectivity index (χ3n) is 7.75. The van der Waals surface area contributed by atoms with E-state index in [1.54, 1.807) is 0 Å². The van der Waals surface area contributed by atoms with Crippen LogP contribution in [0, 0.1) is 35.0 Å². The molecule has 150 valence electrons. The van der Waals surface area contributed by atoms with Crippen LogP contribution in [0.4, 0.5) is 0 Å². The van der Waals surface area contributed by atoms with E-state index >= 15 is 0 Å². The van der Waals surface area contributed by atoms with Gasteiger partial charge in [-0.3, -0.25) is 4.79 Å². The van der Waals surface area contributed by atoms with E-state index in [9.17, 15) is 9.90 Å². The Hall–Kier alpha value is -1.19. The Kier molecular flexibility index (Phi) is 6.43. The smallest absolute Gasteiger partial charge is 0.139 e. The van der Waals surface area contributed by atoms with Crippen molar-refractivity contribution in [3.8, 4) is 0 Å². The minimum Gasteiger partial charge on any atom is -0.393 e. The second-order valence-electron chi connectivity index (χ2n) is 8.89. The molecule has 1 aromatic rings. The Morgan fingerprint density at radius 1 is 1.19 bits per heavy atom. The summed E-state index contributed by atoms with van der Waals surface area (Å²) >= 11 is 0. The van der Waals surface area contributed by atoms with Gasteiger partial charge in [0, 0.05) is 11.8 Å². The van der Waals surface area contributed by atoms with Crippen LogP contribution in [0.15, 0.2) is 30.3 Å². The highest BCUT2D eigenvalue weighted by Crippen LogP contribution is 2.63. The summed E-state index contributed by atoms with van der Waals surface area (Å²) < 4.78 is 6.19. The summed E-state index contributed by atoms with van der Waals surface area (Å²) in [5, 5.41) is 10.7. The van der Waals surface area contributed by atoms with Crippen LogP contribution >= 0.6 is 0 Å². The Morgan fingerprint density at radius 3 is 2.52 bits per heavy atom. The van der Waals surface area contributed by atoms with E-state index < -0.39 is 6.10 Å². The number of ketones is 1. The molecule has 3 rings (SSSR count). The molecule has 0 aliphatic heterocycles. The lowest BCUT2D eigenvalue weighted by molar-refractivity contribution is -0.142. The number of hydrogen-bond donors (Lipinski definition) is 1. The number of Topliss-reactive ketones (excluding diaryl/α,β-unsaturated/α-hetero) is 1. The largest absolute Gasteiger partial charge is 0.393 e. The van der Waals surface area contributed by atoms with Crippen molar-refractivity contribution in [2.75, 3.05) is 6.61 Å². The third kappa shape index (κ3) is 3.49. The van der Waals surface area contributed by atoms with Crippen LogP contribution in [0.2, 0.25) is 0 Å². The third-order valence-corrected chi connectivity index (χ3v) is 7.75. The van der Waals surface area contributed by atoms with Crippen molar-refractivity contribution in [3.63, 3.8) is 0 Å². The molecule has 0 heterocycles. The first kappa shape index (κ1) is 20.5. The normalized spacial score (nSPS) is 38.8. The number of carbonyl (C=O) groups is 1. The monoisotopic (exact) mass is 372 g/mol. The Morgan fingerprint density at radius 2 is 1.89 bits per heavy atom. The lowest BCUT2D eigenvalue weighted by atomic mass is 9.52. The maximum atomic E-state index is 13.2. The predicted octanol–water partition coefficient (Wildman–Crippen LogP) is 4.87. The molecule has 0 amide bonds. The number of ether oxygens (including phenoxy) is 1. The molecule has 27 heavy (non-hydrogen) atoms. The summed E-state index contributed by atoms with van der Waals surface area (Å²) in [7, 11) is 0. The number of carbonyl (C=O) groups excluding carboxylic acids is 1. The van der Waals surface area contributed by atoms with E-state index in [4.69, 9.17) is 4.74 Å². The van der Waals surface area contributed by atoms with Gasteiger partial charge in [0.05, 0.1) is 19.3 Å². The zero-order valence-electron chi connectivity index (χ0n) is 17.4. The van der Waals surface area contributed by atoms with Crippen LogP contribution in [0.5, 0.6) is 0 Å². The molecule has 0 spiro atoms. The van der Waals surface area contributed by atoms with Crippen molar-refractivity contribution in [3.05, 3.63) is 35.9 Å². The van der Waals surface area contributed by atoms with Gasteiger partial charge < -0.3 is 9.84 Å². The minimum atomic E-state index is -0.405. The zero-order chi connectivity index (χ0) is 19.6. The van der Waals surface area contributed by atoms with Crippen LogP contribution in [-0.2, 0) is 16.1 Å². The van der Waals surface area contributed by atoms with E-state index in [-0.39, 0.29) is 29.1 Å². The van der Waals surface area contributed by atoms with Gasteiger partial charge in [0.15, 0.2) is 0 Å². The average molecular weight is 373 g/mol. The standard InChI is InChI=1S/C24H36O3/c1-5-12-24-17(4)19(6-2)23(26)20(24)13-22(25)16(3)21(24)15-27-14-18-10-8-7-9-11-18/h7-11,16-17,19-22,25H,5-6,12-15H2,1-4H3. The zero-order valence-corrected chi connectivity index (χ0v) is 17.4. The van der Waals surface area contributed by atoms with Gasteiger partial charge >= 0.3 is 0 Å². The highest BCUT2D eigenvalue weighted by atomic mass is 16.5. The van der Waals surface area contributed by atoms with Crippen LogP contribution in [0.1, 0.15) is 58.9 Å². The first-order valence-electron chi connectivity index (χ1n) is 10.8. The summed E-state index contributed by atoms with van der Waals surface area (Å²) in [6, 6.07) is 10.2. The SMILES string of the molecule is CCCC12C(CC(O)C(C)C1COCc1ccccc1)C(=O)C(CC)C2C. The summed E-state index contributed by atoms with van der Waals surface area (Å²) in [5.74, 6) is 1.28. The molecule has 1 N–H and O–H groups in total. The molecule has 2 saturated carbocycles. The number of aliphatic hydroxyl groups is 1. The van der Waals surface area contributed by atoms with Crippen LogP contribution in [-0.4, -0.2) is 23.6 Å². The second-order valence-corrected chi connectivity index (χ2v) is 8.89. The van der Waals surface area contributed by atoms with Gasteiger partial charge in [0.2, 0.25) is 0 Å². The van der Waals surface area contributed by atoms with E-state index in [0.29, 0.717) is 31.3 Å². The van der Waals surface area contributed by atoms with E-state index in [0.717, 1.165) is 19.3 Å². The highest BCUT2D eigenvalue weighted by molar-refractivity contribution is 5.87. The molecule has 2 fully saturated rings. The van der Waals surface area contributed by atoms with Gasteiger partial charge in [0.1, 0.15) is 5.78 Å². The van der Waals surface area contributed by atoms with Crippen molar-refractivity contribution < 1.29 is 14.6 Å². The molecule has 7 unspecified atom stereocenters. The fourth-order valence-electron chi connectivity index (χ4n) is 6.37. The summed E-state index contributed by atoms with van der Waals surface area (Å²) in [6.45, 7) is 10.0. The topological polar surface area (TPSA) is 46.5 Å². The minimum absolute atomic E-state index is 0.00562. The molecular formula is C24H36O3. The van der Waals surface area contributed by atoms with E-state index in [2.05, 4.69) is 39.8 Å². The van der Waals surface area contributed by atoms with Crippen LogP contribution in [0.3, 0.4) is 0 Å². The van der Waals surface area contributed by atoms with Gasteiger partial charge in [-0.2, -0.15) is 0 Å². The molecule has 0 radical (unpaired) electrons. The Balaban J connectivity index is 1.86. The molecule has 0 bridgehead atoms. The van der Waals surface area contributed by atoms with E-state index in [1.165, 1.54) is 5.56 Å². The van der Waals surface area contributed by atoms with Gasteiger partial charge in [-0.1, -0.05) is 64.4 Å². The fraction of sp³-hybridized carbons (Fsp3) is 0.708. The highest BCUT2D eigenvalue weighted by Gasteiger charge is 2.64. The van der Waals surface area contributed by atoms with E-state index in [1.807, 2.05) is 18.2 Å². The fourth-order valence-corrected chi connectivity index (χ4v) is 6.37. The molecule has 3 nitrogen and oxygen atoms in total. The van der Waals surface area contributed by atoms with Gasteiger partial charge in [-0.05, 0) is 48.0 Å².